The molecule has 19 heavy (non-hydrogen) atoms. The molecule has 1 aromatic heterocycles. The van der Waals surface area contributed by atoms with E-state index in [4.69, 9.17) is 5.11 Å². The number of hydrogen-bond acceptors (Lipinski definition) is 4. The number of carboxylic acid groups (broad SMARTS) is 1. The van der Waals surface area contributed by atoms with E-state index in [-0.39, 0.29) is 5.56 Å². The van der Waals surface area contributed by atoms with Crippen molar-refractivity contribution < 1.29 is 14.7 Å². The SMILES string of the molecule is CN(C(=O)Nc1nccs1)c1ccccc1C(=O)O. The predicted molar refractivity (Wildman–Crippen MR) is 72.9 cm³/mol. The Morgan fingerprint density at radius 2 is 2.11 bits per heavy atom. The van der Waals surface area contributed by atoms with E-state index in [0.29, 0.717) is 10.8 Å². The van der Waals surface area contributed by atoms with Gasteiger partial charge in [0.15, 0.2) is 5.13 Å². The zero-order valence-corrected chi connectivity index (χ0v) is 10.8. The van der Waals surface area contributed by atoms with Gasteiger partial charge >= 0.3 is 12.0 Å². The average Bonchev–Trinajstić information content (AvgIpc) is 2.90. The number of aromatic carboxylic acids is 1. The molecule has 0 saturated carbocycles. The third-order valence-electron chi connectivity index (χ3n) is 2.45. The molecule has 98 valence electrons. The van der Waals surface area contributed by atoms with Crippen LogP contribution in [0.25, 0.3) is 0 Å². The maximum absolute atomic E-state index is 12.0. The van der Waals surface area contributed by atoms with Crippen LogP contribution in [0.4, 0.5) is 15.6 Å². The molecular weight excluding hydrogens is 266 g/mol. The Labute approximate surface area is 113 Å². The van der Waals surface area contributed by atoms with Crippen molar-refractivity contribution in [1.29, 1.82) is 0 Å². The first-order valence-electron chi connectivity index (χ1n) is 5.36. The predicted octanol–water partition coefficient (Wildman–Crippen LogP) is 2.51. The van der Waals surface area contributed by atoms with E-state index in [1.54, 1.807) is 29.8 Å². The molecule has 7 heteroatoms. The van der Waals surface area contributed by atoms with Crippen LogP contribution in [0.3, 0.4) is 0 Å². The summed E-state index contributed by atoms with van der Waals surface area (Å²) in [6.07, 6.45) is 1.57. The number of anilines is 2. The molecule has 0 unspecified atom stereocenters. The van der Waals surface area contributed by atoms with Gasteiger partial charge < -0.3 is 5.11 Å². The molecule has 0 aliphatic rings. The van der Waals surface area contributed by atoms with Crippen molar-refractivity contribution in [1.82, 2.24) is 4.98 Å². The highest BCUT2D eigenvalue weighted by atomic mass is 32.1. The van der Waals surface area contributed by atoms with Crippen LogP contribution in [0.5, 0.6) is 0 Å². The number of amides is 2. The Bertz CT molecular complexity index is 598. The summed E-state index contributed by atoms with van der Waals surface area (Å²) in [6, 6.07) is 5.87. The third kappa shape index (κ3) is 2.89. The van der Waals surface area contributed by atoms with E-state index in [9.17, 15) is 9.59 Å². The van der Waals surface area contributed by atoms with Crippen molar-refractivity contribution in [3.05, 3.63) is 41.4 Å². The van der Waals surface area contributed by atoms with Gasteiger partial charge in [-0.1, -0.05) is 12.1 Å². The minimum atomic E-state index is -1.08. The number of rotatable bonds is 3. The molecule has 0 spiro atoms. The lowest BCUT2D eigenvalue weighted by Crippen LogP contribution is -2.32. The van der Waals surface area contributed by atoms with Gasteiger partial charge in [-0.15, -0.1) is 11.3 Å². The number of aromatic nitrogens is 1. The highest BCUT2D eigenvalue weighted by molar-refractivity contribution is 7.13. The van der Waals surface area contributed by atoms with Crippen molar-refractivity contribution >= 4 is 34.2 Å². The molecule has 2 rings (SSSR count). The van der Waals surface area contributed by atoms with Gasteiger partial charge in [0.05, 0.1) is 11.3 Å². The molecule has 0 radical (unpaired) electrons. The van der Waals surface area contributed by atoms with Gasteiger partial charge in [-0.05, 0) is 12.1 Å². The van der Waals surface area contributed by atoms with Crippen LogP contribution in [0.15, 0.2) is 35.8 Å². The van der Waals surface area contributed by atoms with Crippen LogP contribution in [0, 0.1) is 0 Å². The fourth-order valence-electron chi connectivity index (χ4n) is 1.52. The molecule has 1 heterocycles. The highest BCUT2D eigenvalue weighted by Gasteiger charge is 2.18. The highest BCUT2D eigenvalue weighted by Crippen LogP contribution is 2.20. The quantitative estimate of drug-likeness (QED) is 0.903. The zero-order valence-electron chi connectivity index (χ0n) is 10.0. The summed E-state index contributed by atoms with van der Waals surface area (Å²) >= 11 is 1.29. The first-order valence-corrected chi connectivity index (χ1v) is 6.24. The number of carbonyl (C=O) groups excluding carboxylic acids is 1. The molecule has 0 aliphatic carbocycles. The Balaban J connectivity index is 2.22. The first-order chi connectivity index (χ1) is 9.09. The van der Waals surface area contributed by atoms with E-state index >= 15 is 0 Å². The molecular formula is C12H11N3O3S. The number of nitrogens with one attached hydrogen (secondary N) is 1. The lowest BCUT2D eigenvalue weighted by atomic mass is 10.1. The van der Waals surface area contributed by atoms with Gasteiger partial charge in [-0.25, -0.2) is 14.6 Å². The summed E-state index contributed by atoms with van der Waals surface area (Å²) in [7, 11) is 1.50. The van der Waals surface area contributed by atoms with Crippen molar-refractivity contribution in [3.8, 4) is 0 Å². The molecule has 2 amide bonds. The second-order valence-corrected chi connectivity index (χ2v) is 4.54. The van der Waals surface area contributed by atoms with E-state index in [0.717, 1.165) is 0 Å². The number of benzene rings is 1. The molecule has 6 nitrogen and oxygen atoms in total. The van der Waals surface area contributed by atoms with Crippen LogP contribution in [0.1, 0.15) is 10.4 Å². The van der Waals surface area contributed by atoms with Gasteiger partial charge in [0.25, 0.3) is 0 Å². The van der Waals surface area contributed by atoms with Gasteiger partial charge in [0.2, 0.25) is 0 Å². The summed E-state index contributed by atoms with van der Waals surface area (Å²) in [6.45, 7) is 0. The second kappa shape index (κ2) is 5.49. The average molecular weight is 277 g/mol. The summed E-state index contributed by atoms with van der Waals surface area (Å²) in [4.78, 5) is 28.2. The maximum atomic E-state index is 12.0. The third-order valence-corrected chi connectivity index (χ3v) is 3.14. The van der Waals surface area contributed by atoms with Crippen LogP contribution >= 0.6 is 11.3 Å². The monoisotopic (exact) mass is 277 g/mol. The van der Waals surface area contributed by atoms with Crippen molar-refractivity contribution in [2.24, 2.45) is 0 Å². The van der Waals surface area contributed by atoms with Crippen molar-refractivity contribution in [3.63, 3.8) is 0 Å². The smallest absolute Gasteiger partial charge is 0.337 e. The molecule has 0 saturated heterocycles. The lowest BCUT2D eigenvalue weighted by Gasteiger charge is -2.18. The number of nitrogens with zero attached hydrogens (tertiary/aromatic N) is 2. The first kappa shape index (κ1) is 13.0. The lowest BCUT2D eigenvalue weighted by molar-refractivity contribution is 0.0697. The van der Waals surface area contributed by atoms with Gasteiger partial charge in [-0.2, -0.15) is 0 Å². The fourth-order valence-corrected chi connectivity index (χ4v) is 2.04. The molecule has 2 N–H and O–H groups in total. The number of carboxylic acids is 1. The minimum absolute atomic E-state index is 0.0688. The summed E-state index contributed by atoms with van der Waals surface area (Å²) in [5.41, 5.74) is 0.392. The largest absolute Gasteiger partial charge is 0.478 e. The van der Waals surface area contributed by atoms with Crippen molar-refractivity contribution in [2.75, 3.05) is 17.3 Å². The molecule has 0 atom stereocenters. The molecule has 1 aromatic carbocycles. The Hall–Kier alpha value is -2.41. The number of carbonyl (C=O) groups is 2. The molecule has 0 aliphatic heterocycles. The summed E-state index contributed by atoms with van der Waals surface area (Å²) in [5, 5.41) is 13.9. The number of hydrogen-bond donors (Lipinski definition) is 2. The van der Waals surface area contributed by atoms with Gasteiger partial charge in [0, 0.05) is 18.6 Å². The van der Waals surface area contributed by atoms with Crippen LogP contribution in [0.2, 0.25) is 0 Å². The second-order valence-electron chi connectivity index (χ2n) is 3.65. The Morgan fingerprint density at radius 3 is 2.74 bits per heavy atom. The topological polar surface area (TPSA) is 82.5 Å². The van der Waals surface area contributed by atoms with Crippen LogP contribution < -0.4 is 10.2 Å². The Kier molecular flexibility index (Phi) is 3.76. The van der Waals surface area contributed by atoms with E-state index in [1.807, 2.05) is 0 Å². The summed E-state index contributed by atoms with van der Waals surface area (Å²) in [5.74, 6) is -1.08. The van der Waals surface area contributed by atoms with E-state index in [1.165, 1.54) is 29.4 Å². The number of urea groups is 1. The minimum Gasteiger partial charge on any atom is -0.478 e. The standard InChI is InChI=1S/C12H11N3O3S/c1-15(12(18)14-11-13-6-7-19-11)9-5-3-2-4-8(9)10(16)17/h2-7H,1H3,(H,16,17)(H,13,14,18). The van der Waals surface area contributed by atoms with E-state index < -0.39 is 12.0 Å². The molecule has 0 bridgehead atoms. The number of thiazole rings is 1. The normalized spacial score (nSPS) is 9.95. The zero-order chi connectivity index (χ0) is 13.8. The maximum Gasteiger partial charge on any atom is 0.337 e. The van der Waals surface area contributed by atoms with E-state index in [2.05, 4.69) is 10.3 Å². The van der Waals surface area contributed by atoms with Crippen LogP contribution in [-0.4, -0.2) is 29.1 Å². The van der Waals surface area contributed by atoms with Gasteiger partial charge in [0.1, 0.15) is 0 Å². The Morgan fingerprint density at radius 1 is 1.37 bits per heavy atom. The number of para-hydroxylation sites is 1. The fraction of sp³-hybridized carbons (Fsp3) is 0.0833. The van der Waals surface area contributed by atoms with Gasteiger partial charge in [-0.3, -0.25) is 10.2 Å². The summed E-state index contributed by atoms with van der Waals surface area (Å²) < 4.78 is 0. The van der Waals surface area contributed by atoms with Crippen LogP contribution in [-0.2, 0) is 0 Å². The van der Waals surface area contributed by atoms with Crippen molar-refractivity contribution in [2.45, 2.75) is 0 Å². The molecule has 2 aromatic rings. The molecule has 0 fully saturated rings.